The molecule has 0 aliphatic heterocycles. The second-order valence-electron chi connectivity index (χ2n) is 5.02. The van der Waals surface area contributed by atoms with Crippen LogP contribution in [0.3, 0.4) is 0 Å². The van der Waals surface area contributed by atoms with Gasteiger partial charge in [0, 0.05) is 11.6 Å². The summed E-state index contributed by atoms with van der Waals surface area (Å²) in [6.45, 7) is 3.79. The molecule has 0 radical (unpaired) electrons. The smallest absolute Gasteiger partial charge is 0.343 e. The van der Waals surface area contributed by atoms with Crippen LogP contribution in [0.2, 0.25) is 0 Å². The molecule has 1 aromatic heterocycles. The summed E-state index contributed by atoms with van der Waals surface area (Å²) in [5.41, 5.74) is 7.28. The number of hydrogen-bond acceptors (Lipinski definition) is 5. The Bertz CT molecular complexity index is 689. The van der Waals surface area contributed by atoms with E-state index in [1.807, 2.05) is 13.8 Å². The predicted octanol–water partition coefficient (Wildman–Crippen LogP) is 1.38. The SMILES string of the molecule is COC(=O)c1cnn(-c2ccc(C(=O)NC(C)C)cc2)c1N. The molecule has 0 atom stereocenters. The Morgan fingerprint density at radius 2 is 1.91 bits per heavy atom. The standard InChI is InChI=1S/C15H18N4O3/c1-9(2)18-14(20)10-4-6-11(7-5-10)19-13(16)12(8-17-19)15(21)22-3/h4-9H,16H2,1-3H3,(H,18,20). The molecule has 0 saturated carbocycles. The lowest BCUT2D eigenvalue weighted by Crippen LogP contribution is -2.30. The third-order valence-electron chi connectivity index (χ3n) is 3.01. The van der Waals surface area contributed by atoms with Crippen molar-refractivity contribution in [2.75, 3.05) is 12.8 Å². The molecule has 0 saturated heterocycles. The first-order valence-electron chi connectivity index (χ1n) is 6.77. The Kier molecular flexibility index (Phi) is 4.45. The van der Waals surface area contributed by atoms with Gasteiger partial charge in [0.2, 0.25) is 0 Å². The van der Waals surface area contributed by atoms with E-state index in [1.54, 1.807) is 24.3 Å². The Morgan fingerprint density at radius 1 is 1.27 bits per heavy atom. The second kappa shape index (κ2) is 6.30. The molecule has 1 amide bonds. The number of rotatable bonds is 4. The van der Waals surface area contributed by atoms with E-state index in [1.165, 1.54) is 18.0 Å². The molecule has 2 rings (SSSR count). The van der Waals surface area contributed by atoms with E-state index in [-0.39, 0.29) is 23.3 Å². The van der Waals surface area contributed by atoms with Crippen molar-refractivity contribution < 1.29 is 14.3 Å². The van der Waals surface area contributed by atoms with Crippen molar-refractivity contribution in [2.45, 2.75) is 19.9 Å². The van der Waals surface area contributed by atoms with Gasteiger partial charge in [-0.05, 0) is 38.1 Å². The van der Waals surface area contributed by atoms with Crippen molar-refractivity contribution in [3.05, 3.63) is 41.6 Å². The Hall–Kier alpha value is -2.83. The number of nitrogens with two attached hydrogens (primary N) is 1. The number of hydrogen-bond donors (Lipinski definition) is 2. The summed E-state index contributed by atoms with van der Waals surface area (Å²) in [6.07, 6.45) is 1.35. The zero-order valence-electron chi connectivity index (χ0n) is 12.7. The molecule has 0 unspecified atom stereocenters. The number of nitrogen functional groups attached to an aromatic ring is 1. The molecule has 116 valence electrons. The predicted molar refractivity (Wildman–Crippen MR) is 81.9 cm³/mol. The number of carbonyl (C=O) groups is 2. The quantitative estimate of drug-likeness (QED) is 0.831. The van der Waals surface area contributed by atoms with Gasteiger partial charge in [-0.25, -0.2) is 9.48 Å². The van der Waals surface area contributed by atoms with Crippen LogP contribution >= 0.6 is 0 Å². The molecule has 2 aromatic rings. The molecule has 3 N–H and O–H groups in total. The van der Waals surface area contributed by atoms with Crippen molar-refractivity contribution in [1.29, 1.82) is 0 Å². The van der Waals surface area contributed by atoms with Crippen molar-refractivity contribution in [3.8, 4) is 5.69 Å². The van der Waals surface area contributed by atoms with Crippen LogP contribution in [0.1, 0.15) is 34.6 Å². The number of anilines is 1. The zero-order valence-corrected chi connectivity index (χ0v) is 12.7. The number of carbonyl (C=O) groups excluding carboxylic acids is 2. The van der Waals surface area contributed by atoms with Crippen LogP contribution in [0.4, 0.5) is 5.82 Å². The van der Waals surface area contributed by atoms with Gasteiger partial charge in [-0.1, -0.05) is 0 Å². The number of methoxy groups -OCH3 is 1. The van der Waals surface area contributed by atoms with E-state index < -0.39 is 5.97 Å². The number of benzene rings is 1. The van der Waals surface area contributed by atoms with Gasteiger partial charge in [-0.3, -0.25) is 4.79 Å². The van der Waals surface area contributed by atoms with E-state index in [0.29, 0.717) is 11.3 Å². The lowest BCUT2D eigenvalue weighted by Gasteiger charge is -2.09. The van der Waals surface area contributed by atoms with Crippen LogP contribution in [0.5, 0.6) is 0 Å². The summed E-state index contributed by atoms with van der Waals surface area (Å²) >= 11 is 0. The van der Waals surface area contributed by atoms with E-state index in [2.05, 4.69) is 15.2 Å². The molecule has 0 fully saturated rings. The minimum Gasteiger partial charge on any atom is -0.465 e. The van der Waals surface area contributed by atoms with Crippen LogP contribution in [0, 0.1) is 0 Å². The van der Waals surface area contributed by atoms with Gasteiger partial charge in [0.25, 0.3) is 5.91 Å². The Morgan fingerprint density at radius 3 is 2.45 bits per heavy atom. The average molecular weight is 302 g/mol. The largest absolute Gasteiger partial charge is 0.465 e. The highest BCUT2D eigenvalue weighted by Gasteiger charge is 2.16. The van der Waals surface area contributed by atoms with Crippen molar-refractivity contribution >= 4 is 17.7 Å². The van der Waals surface area contributed by atoms with Gasteiger partial charge in [-0.2, -0.15) is 5.10 Å². The number of ether oxygens (including phenoxy) is 1. The average Bonchev–Trinajstić information content (AvgIpc) is 2.87. The molecule has 7 nitrogen and oxygen atoms in total. The lowest BCUT2D eigenvalue weighted by molar-refractivity contribution is 0.0601. The van der Waals surface area contributed by atoms with Crippen LogP contribution < -0.4 is 11.1 Å². The van der Waals surface area contributed by atoms with E-state index in [0.717, 1.165) is 0 Å². The first-order valence-corrected chi connectivity index (χ1v) is 6.77. The number of nitrogens with zero attached hydrogens (tertiary/aromatic N) is 2. The number of nitrogens with one attached hydrogen (secondary N) is 1. The van der Waals surface area contributed by atoms with Crippen molar-refractivity contribution in [1.82, 2.24) is 15.1 Å². The van der Waals surface area contributed by atoms with E-state index in [4.69, 9.17) is 5.73 Å². The lowest BCUT2D eigenvalue weighted by atomic mass is 10.2. The number of amides is 1. The third-order valence-corrected chi connectivity index (χ3v) is 3.01. The van der Waals surface area contributed by atoms with Crippen molar-refractivity contribution in [3.63, 3.8) is 0 Å². The number of aromatic nitrogens is 2. The normalized spacial score (nSPS) is 10.5. The van der Waals surface area contributed by atoms with E-state index >= 15 is 0 Å². The maximum atomic E-state index is 11.9. The molecule has 0 aliphatic carbocycles. The summed E-state index contributed by atoms with van der Waals surface area (Å²) in [5, 5.41) is 6.88. The minimum atomic E-state index is -0.545. The fourth-order valence-electron chi connectivity index (χ4n) is 1.93. The Balaban J connectivity index is 2.26. The fourth-order valence-corrected chi connectivity index (χ4v) is 1.93. The highest BCUT2D eigenvalue weighted by molar-refractivity contribution is 5.95. The molecule has 1 heterocycles. The van der Waals surface area contributed by atoms with Gasteiger partial charge >= 0.3 is 5.97 Å². The van der Waals surface area contributed by atoms with Gasteiger partial charge in [0.15, 0.2) is 0 Å². The molecule has 0 spiro atoms. The topological polar surface area (TPSA) is 99.2 Å². The maximum absolute atomic E-state index is 11.9. The zero-order chi connectivity index (χ0) is 16.3. The van der Waals surface area contributed by atoms with Crippen molar-refractivity contribution in [2.24, 2.45) is 0 Å². The fraction of sp³-hybridized carbons (Fsp3) is 0.267. The molecular formula is C15H18N4O3. The Labute approximate surface area is 128 Å². The highest BCUT2D eigenvalue weighted by atomic mass is 16.5. The molecular weight excluding hydrogens is 284 g/mol. The summed E-state index contributed by atoms with van der Waals surface area (Å²) in [7, 11) is 1.28. The number of esters is 1. The van der Waals surface area contributed by atoms with Gasteiger partial charge in [0.05, 0.1) is 19.0 Å². The maximum Gasteiger partial charge on any atom is 0.343 e. The minimum absolute atomic E-state index is 0.0663. The first-order chi connectivity index (χ1) is 10.4. The highest BCUT2D eigenvalue weighted by Crippen LogP contribution is 2.18. The summed E-state index contributed by atoms with van der Waals surface area (Å²) in [6, 6.07) is 6.83. The molecule has 7 heteroatoms. The second-order valence-corrected chi connectivity index (χ2v) is 5.02. The van der Waals surface area contributed by atoms with Gasteiger partial charge < -0.3 is 15.8 Å². The van der Waals surface area contributed by atoms with Crippen LogP contribution in [-0.4, -0.2) is 34.8 Å². The molecule has 0 aliphatic rings. The van der Waals surface area contributed by atoms with Crippen LogP contribution in [0.15, 0.2) is 30.5 Å². The molecule has 0 bridgehead atoms. The summed E-state index contributed by atoms with van der Waals surface area (Å²) in [4.78, 5) is 23.4. The molecule has 1 aromatic carbocycles. The van der Waals surface area contributed by atoms with Gasteiger partial charge in [0.1, 0.15) is 11.4 Å². The molecule has 22 heavy (non-hydrogen) atoms. The summed E-state index contributed by atoms with van der Waals surface area (Å²) < 4.78 is 6.04. The van der Waals surface area contributed by atoms with E-state index in [9.17, 15) is 9.59 Å². The summed E-state index contributed by atoms with van der Waals surface area (Å²) in [5.74, 6) is -0.506. The first kappa shape index (κ1) is 15.6. The monoisotopic (exact) mass is 302 g/mol. The van der Waals surface area contributed by atoms with Crippen LogP contribution in [0.25, 0.3) is 5.69 Å². The van der Waals surface area contributed by atoms with Crippen LogP contribution in [-0.2, 0) is 4.74 Å². The van der Waals surface area contributed by atoms with Gasteiger partial charge in [-0.15, -0.1) is 0 Å². The third kappa shape index (κ3) is 3.08.